The molecule has 0 saturated heterocycles. The number of nitrogens with zero attached hydrogens (tertiary/aromatic N) is 2. The Morgan fingerprint density at radius 1 is 1.17 bits per heavy atom. The van der Waals surface area contributed by atoms with Crippen molar-refractivity contribution >= 4 is 28.5 Å². The van der Waals surface area contributed by atoms with Crippen LogP contribution in [-0.2, 0) is 10.2 Å². The van der Waals surface area contributed by atoms with Gasteiger partial charge in [0.2, 0.25) is 11.0 Å². The van der Waals surface area contributed by atoms with E-state index in [2.05, 4.69) is 36.3 Å². The summed E-state index contributed by atoms with van der Waals surface area (Å²) in [5.74, 6) is 0.989. The van der Waals surface area contributed by atoms with E-state index in [1.165, 1.54) is 17.4 Å². The molecule has 7 heteroatoms. The molecule has 0 saturated carbocycles. The molecular formula is C17H21N3O3S. The van der Waals surface area contributed by atoms with Gasteiger partial charge in [-0.1, -0.05) is 38.2 Å². The lowest BCUT2D eigenvalue weighted by Gasteiger charge is -2.12. The van der Waals surface area contributed by atoms with E-state index in [9.17, 15) is 4.79 Å². The number of aromatic nitrogens is 2. The summed E-state index contributed by atoms with van der Waals surface area (Å²) in [4.78, 5) is 12.0. The number of ether oxygens (including phenoxy) is 2. The second kappa shape index (κ2) is 7.44. The van der Waals surface area contributed by atoms with Gasteiger partial charge in [-0.25, -0.2) is 0 Å². The van der Waals surface area contributed by atoms with E-state index in [-0.39, 0.29) is 11.3 Å². The Morgan fingerprint density at radius 3 is 2.46 bits per heavy atom. The molecule has 0 aliphatic rings. The van der Waals surface area contributed by atoms with Gasteiger partial charge in [0.15, 0.2) is 11.5 Å². The summed E-state index contributed by atoms with van der Waals surface area (Å²) in [7, 11) is 3.15. The molecule has 0 radical (unpaired) electrons. The maximum absolute atomic E-state index is 12.0. The molecule has 0 aliphatic heterocycles. The number of carbonyl (C=O) groups is 1. The first-order chi connectivity index (χ1) is 11.3. The fraction of sp³-hybridized carbons (Fsp3) is 0.353. The van der Waals surface area contributed by atoms with Crippen LogP contribution in [0.1, 0.15) is 31.3 Å². The van der Waals surface area contributed by atoms with E-state index in [1.807, 2.05) is 6.07 Å². The van der Waals surface area contributed by atoms with E-state index in [1.54, 1.807) is 32.4 Å². The predicted octanol–water partition coefficient (Wildman–Crippen LogP) is 3.50. The van der Waals surface area contributed by atoms with Gasteiger partial charge in [-0.3, -0.25) is 10.1 Å². The summed E-state index contributed by atoms with van der Waals surface area (Å²) < 4.78 is 10.4. The van der Waals surface area contributed by atoms with Crippen molar-refractivity contribution in [3.05, 3.63) is 34.8 Å². The molecule has 24 heavy (non-hydrogen) atoms. The van der Waals surface area contributed by atoms with E-state index >= 15 is 0 Å². The second-order valence-electron chi connectivity index (χ2n) is 6.10. The van der Waals surface area contributed by atoms with Gasteiger partial charge in [-0.2, -0.15) is 0 Å². The Hall–Kier alpha value is -2.41. The Bertz CT molecular complexity index is 748. The number of amides is 1. The molecule has 0 fully saturated rings. The van der Waals surface area contributed by atoms with Crippen molar-refractivity contribution in [3.8, 4) is 11.5 Å². The first-order valence-electron chi connectivity index (χ1n) is 7.38. The molecule has 1 heterocycles. The van der Waals surface area contributed by atoms with Crippen molar-refractivity contribution in [1.82, 2.24) is 10.2 Å². The van der Waals surface area contributed by atoms with Crippen LogP contribution >= 0.6 is 11.3 Å². The van der Waals surface area contributed by atoms with Crippen LogP contribution < -0.4 is 14.8 Å². The lowest BCUT2D eigenvalue weighted by Crippen LogP contribution is -2.10. The smallest absolute Gasteiger partial charge is 0.250 e. The number of carbonyl (C=O) groups excluding carboxylic acids is 1. The van der Waals surface area contributed by atoms with Crippen LogP contribution in [0, 0.1) is 0 Å². The molecule has 128 valence electrons. The first kappa shape index (κ1) is 17.9. The van der Waals surface area contributed by atoms with Crippen LogP contribution in [0.5, 0.6) is 11.5 Å². The summed E-state index contributed by atoms with van der Waals surface area (Å²) in [6.45, 7) is 6.16. The standard InChI is InChI=1S/C17H21N3O3S/c1-17(2,3)15-19-20-16(24-15)18-14(21)9-7-11-6-8-12(22-4)13(10-11)23-5/h6-10H,1-5H3,(H,18,20,21)/b9-7+. The second-order valence-corrected chi connectivity index (χ2v) is 7.08. The quantitative estimate of drug-likeness (QED) is 0.838. The predicted molar refractivity (Wildman–Crippen MR) is 95.8 cm³/mol. The van der Waals surface area contributed by atoms with Crippen molar-refractivity contribution < 1.29 is 14.3 Å². The van der Waals surface area contributed by atoms with Gasteiger partial charge in [-0.15, -0.1) is 10.2 Å². The zero-order valence-electron chi connectivity index (χ0n) is 14.4. The number of methoxy groups -OCH3 is 2. The van der Waals surface area contributed by atoms with Crippen molar-refractivity contribution in [2.45, 2.75) is 26.2 Å². The van der Waals surface area contributed by atoms with E-state index < -0.39 is 0 Å². The molecule has 0 aliphatic carbocycles. The Balaban J connectivity index is 2.04. The molecule has 0 unspecified atom stereocenters. The summed E-state index contributed by atoms with van der Waals surface area (Å²) in [5, 5.41) is 12.2. The highest BCUT2D eigenvalue weighted by atomic mass is 32.1. The van der Waals surface area contributed by atoms with Gasteiger partial charge in [-0.05, 0) is 23.8 Å². The zero-order chi connectivity index (χ0) is 17.7. The third-order valence-corrected chi connectivity index (χ3v) is 4.40. The Morgan fingerprint density at radius 2 is 1.88 bits per heavy atom. The fourth-order valence-corrected chi connectivity index (χ4v) is 2.66. The van der Waals surface area contributed by atoms with Crippen molar-refractivity contribution in [2.24, 2.45) is 0 Å². The zero-order valence-corrected chi connectivity index (χ0v) is 15.2. The number of hydrogen-bond donors (Lipinski definition) is 1. The molecule has 1 amide bonds. The lowest BCUT2D eigenvalue weighted by molar-refractivity contribution is -0.111. The van der Waals surface area contributed by atoms with Gasteiger partial charge >= 0.3 is 0 Å². The highest BCUT2D eigenvalue weighted by molar-refractivity contribution is 7.15. The van der Waals surface area contributed by atoms with Crippen molar-refractivity contribution in [1.29, 1.82) is 0 Å². The van der Waals surface area contributed by atoms with Gasteiger partial charge in [0, 0.05) is 11.5 Å². The van der Waals surface area contributed by atoms with Gasteiger partial charge < -0.3 is 9.47 Å². The maximum atomic E-state index is 12.0. The molecule has 1 aromatic carbocycles. The molecule has 6 nitrogen and oxygen atoms in total. The number of nitrogens with one attached hydrogen (secondary N) is 1. The number of hydrogen-bond acceptors (Lipinski definition) is 6. The van der Waals surface area contributed by atoms with E-state index in [4.69, 9.17) is 9.47 Å². The number of benzene rings is 1. The topological polar surface area (TPSA) is 73.3 Å². The highest BCUT2D eigenvalue weighted by Crippen LogP contribution is 2.29. The van der Waals surface area contributed by atoms with Crippen LogP contribution in [-0.4, -0.2) is 30.3 Å². The lowest BCUT2D eigenvalue weighted by atomic mass is 9.98. The molecule has 0 spiro atoms. The molecule has 0 atom stereocenters. The molecule has 1 aromatic heterocycles. The average molecular weight is 347 g/mol. The normalized spacial score (nSPS) is 11.5. The fourth-order valence-electron chi connectivity index (χ4n) is 1.85. The molecule has 2 rings (SSSR count). The minimum atomic E-state index is -0.263. The maximum Gasteiger partial charge on any atom is 0.250 e. The first-order valence-corrected chi connectivity index (χ1v) is 8.20. The summed E-state index contributed by atoms with van der Waals surface area (Å²) >= 11 is 1.38. The van der Waals surface area contributed by atoms with Gasteiger partial charge in [0.1, 0.15) is 5.01 Å². The molecule has 2 aromatic rings. The third-order valence-electron chi connectivity index (χ3n) is 3.13. The Labute approximate surface area is 145 Å². The van der Waals surface area contributed by atoms with Crippen molar-refractivity contribution in [3.63, 3.8) is 0 Å². The third kappa shape index (κ3) is 4.55. The minimum Gasteiger partial charge on any atom is -0.493 e. The summed E-state index contributed by atoms with van der Waals surface area (Å²) in [5.41, 5.74) is 0.742. The van der Waals surface area contributed by atoms with E-state index in [0.29, 0.717) is 16.6 Å². The van der Waals surface area contributed by atoms with E-state index in [0.717, 1.165) is 10.6 Å². The summed E-state index contributed by atoms with van der Waals surface area (Å²) in [6.07, 6.45) is 3.14. The highest BCUT2D eigenvalue weighted by Gasteiger charge is 2.19. The minimum absolute atomic E-state index is 0.0872. The monoisotopic (exact) mass is 347 g/mol. The van der Waals surface area contributed by atoms with Gasteiger partial charge in [0.05, 0.1) is 14.2 Å². The molecule has 0 bridgehead atoms. The average Bonchev–Trinajstić information content (AvgIpc) is 3.01. The Kier molecular flexibility index (Phi) is 5.56. The van der Waals surface area contributed by atoms with Crippen molar-refractivity contribution in [2.75, 3.05) is 19.5 Å². The summed E-state index contributed by atoms with van der Waals surface area (Å²) in [6, 6.07) is 5.43. The van der Waals surface area contributed by atoms with Crippen LogP contribution in [0.4, 0.5) is 5.13 Å². The number of anilines is 1. The molecular weight excluding hydrogens is 326 g/mol. The van der Waals surface area contributed by atoms with Crippen LogP contribution in [0.25, 0.3) is 6.08 Å². The largest absolute Gasteiger partial charge is 0.493 e. The SMILES string of the molecule is COc1ccc(/C=C/C(=O)Nc2nnc(C(C)(C)C)s2)cc1OC. The molecule has 1 N–H and O–H groups in total. The van der Waals surface area contributed by atoms with Gasteiger partial charge in [0.25, 0.3) is 0 Å². The number of rotatable bonds is 5. The van der Waals surface area contributed by atoms with Crippen LogP contribution in [0.15, 0.2) is 24.3 Å². The van der Waals surface area contributed by atoms with Crippen LogP contribution in [0.3, 0.4) is 0 Å². The van der Waals surface area contributed by atoms with Crippen LogP contribution in [0.2, 0.25) is 0 Å².